The Labute approximate surface area is 220 Å². The average Bonchev–Trinajstić information content (AvgIpc) is 3.25. The molecule has 7 nitrogen and oxygen atoms in total. The van der Waals surface area contributed by atoms with Gasteiger partial charge in [-0.3, -0.25) is 9.59 Å². The third-order valence-corrected chi connectivity index (χ3v) is 7.51. The number of nitrogens with one attached hydrogen (secondary N) is 1. The Morgan fingerprint density at radius 1 is 1.05 bits per heavy atom. The number of amides is 2. The highest BCUT2D eigenvalue weighted by Gasteiger charge is 2.44. The summed E-state index contributed by atoms with van der Waals surface area (Å²) >= 11 is 0. The molecule has 2 amide bonds. The standard InChI is InChI=1S/C30H40N4O3/c1-5-7-17-33(6-2)18-16-31-29(35)27-23-13-8-9-14-24(23)30(36)34(19-20-37-4)28(27)25-21-32(3)26-15-11-10-12-22(25)26/h8-15,21,27-28H,5-7,16-20H2,1-4H3,(H,31,35). The van der Waals surface area contributed by atoms with Gasteiger partial charge in [-0.1, -0.05) is 56.7 Å². The molecular weight excluding hydrogens is 464 g/mol. The van der Waals surface area contributed by atoms with E-state index in [9.17, 15) is 9.59 Å². The topological polar surface area (TPSA) is 66.8 Å². The van der Waals surface area contributed by atoms with Gasteiger partial charge in [-0.05, 0) is 37.2 Å². The fourth-order valence-corrected chi connectivity index (χ4v) is 5.52. The molecule has 1 aromatic heterocycles. The lowest BCUT2D eigenvalue weighted by molar-refractivity contribution is -0.124. The van der Waals surface area contributed by atoms with Crippen molar-refractivity contribution >= 4 is 22.7 Å². The molecule has 1 aliphatic rings. The summed E-state index contributed by atoms with van der Waals surface area (Å²) in [7, 11) is 3.64. The van der Waals surface area contributed by atoms with Crippen molar-refractivity contribution in [2.75, 3.05) is 46.4 Å². The van der Waals surface area contributed by atoms with Gasteiger partial charge in [-0.25, -0.2) is 0 Å². The fraction of sp³-hybridized carbons (Fsp3) is 0.467. The van der Waals surface area contributed by atoms with Crippen LogP contribution in [0.5, 0.6) is 0 Å². The van der Waals surface area contributed by atoms with Crippen LogP contribution in [-0.2, 0) is 16.6 Å². The van der Waals surface area contributed by atoms with E-state index >= 15 is 0 Å². The minimum Gasteiger partial charge on any atom is -0.383 e. The molecule has 2 unspecified atom stereocenters. The van der Waals surface area contributed by atoms with Crippen LogP contribution in [0.3, 0.4) is 0 Å². The molecule has 1 N–H and O–H groups in total. The number of para-hydroxylation sites is 1. The van der Waals surface area contributed by atoms with Crippen LogP contribution < -0.4 is 5.32 Å². The van der Waals surface area contributed by atoms with Crippen LogP contribution in [0.25, 0.3) is 10.9 Å². The van der Waals surface area contributed by atoms with Crippen LogP contribution in [0.4, 0.5) is 0 Å². The zero-order valence-corrected chi connectivity index (χ0v) is 22.6. The number of fused-ring (bicyclic) bond motifs is 2. The second-order valence-corrected chi connectivity index (χ2v) is 9.79. The zero-order chi connectivity index (χ0) is 26.4. The van der Waals surface area contributed by atoms with E-state index < -0.39 is 12.0 Å². The minimum atomic E-state index is -0.526. The molecule has 1 aliphatic heterocycles. The summed E-state index contributed by atoms with van der Waals surface area (Å²) in [5.41, 5.74) is 3.43. The van der Waals surface area contributed by atoms with Crippen LogP contribution in [0.15, 0.2) is 54.7 Å². The van der Waals surface area contributed by atoms with Gasteiger partial charge in [0.1, 0.15) is 0 Å². The molecule has 0 bridgehead atoms. The van der Waals surface area contributed by atoms with E-state index in [0.29, 0.717) is 25.3 Å². The molecule has 37 heavy (non-hydrogen) atoms. The molecule has 4 rings (SSSR count). The van der Waals surface area contributed by atoms with Crippen LogP contribution in [0.1, 0.15) is 60.1 Å². The highest BCUT2D eigenvalue weighted by atomic mass is 16.5. The third-order valence-electron chi connectivity index (χ3n) is 7.51. The fourth-order valence-electron chi connectivity index (χ4n) is 5.52. The van der Waals surface area contributed by atoms with E-state index in [1.54, 1.807) is 7.11 Å². The van der Waals surface area contributed by atoms with Crippen LogP contribution in [0.2, 0.25) is 0 Å². The predicted molar refractivity (Wildman–Crippen MR) is 148 cm³/mol. The van der Waals surface area contributed by atoms with Gasteiger partial charge in [-0.2, -0.15) is 0 Å². The first-order valence-electron chi connectivity index (χ1n) is 13.4. The lowest BCUT2D eigenvalue weighted by atomic mass is 9.79. The molecule has 198 valence electrons. The predicted octanol–water partition coefficient (Wildman–Crippen LogP) is 4.34. The monoisotopic (exact) mass is 504 g/mol. The van der Waals surface area contributed by atoms with Crippen molar-refractivity contribution in [3.05, 3.63) is 71.4 Å². The lowest BCUT2D eigenvalue weighted by Crippen LogP contribution is -2.49. The van der Waals surface area contributed by atoms with Crippen molar-refractivity contribution in [1.29, 1.82) is 0 Å². The summed E-state index contributed by atoms with van der Waals surface area (Å²) in [6.45, 7) is 8.53. The summed E-state index contributed by atoms with van der Waals surface area (Å²) in [5.74, 6) is -0.638. The number of hydrogen-bond acceptors (Lipinski definition) is 4. The molecule has 0 saturated heterocycles. The maximum atomic E-state index is 14.0. The average molecular weight is 505 g/mol. The Morgan fingerprint density at radius 3 is 2.57 bits per heavy atom. The van der Waals surface area contributed by atoms with E-state index in [1.807, 2.05) is 48.3 Å². The number of likely N-dealkylation sites (N-methyl/N-ethyl adjacent to an activating group) is 1. The smallest absolute Gasteiger partial charge is 0.254 e. The second kappa shape index (κ2) is 12.4. The molecule has 2 atom stereocenters. The molecule has 0 saturated carbocycles. The molecule has 7 heteroatoms. The Bertz CT molecular complexity index is 1220. The van der Waals surface area contributed by atoms with Gasteiger partial charge in [-0.15, -0.1) is 0 Å². The highest BCUT2D eigenvalue weighted by molar-refractivity contribution is 6.02. The van der Waals surface area contributed by atoms with Crippen molar-refractivity contribution in [1.82, 2.24) is 19.7 Å². The van der Waals surface area contributed by atoms with Crippen LogP contribution >= 0.6 is 0 Å². The van der Waals surface area contributed by atoms with Gasteiger partial charge in [0.25, 0.3) is 5.91 Å². The number of nitrogens with zero attached hydrogens (tertiary/aromatic N) is 3. The SMILES string of the molecule is CCCCN(CC)CCNC(=O)C1c2ccccc2C(=O)N(CCOC)C1c1cn(C)c2ccccc12. The summed E-state index contributed by atoms with van der Waals surface area (Å²) in [6, 6.07) is 15.3. The molecule has 0 spiro atoms. The van der Waals surface area contributed by atoms with Crippen LogP contribution in [-0.4, -0.2) is 72.6 Å². The first kappa shape index (κ1) is 26.9. The largest absolute Gasteiger partial charge is 0.383 e. The van der Waals surface area contributed by atoms with E-state index in [0.717, 1.165) is 54.5 Å². The molecule has 0 fully saturated rings. The summed E-state index contributed by atoms with van der Waals surface area (Å²) in [6.07, 6.45) is 4.37. The molecule has 2 aromatic carbocycles. The summed E-state index contributed by atoms with van der Waals surface area (Å²) in [5, 5.41) is 4.28. The van der Waals surface area contributed by atoms with Gasteiger partial charge >= 0.3 is 0 Å². The molecular formula is C30H40N4O3. The van der Waals surface area contributed by atoms with Gasteiger partial charge < -0.3 is 24.4 Å². The number of aryl methyl sites for hydroxylation is 1. The molecule has 2 heterocycles. The van der Waals surface area contributed by atoms with Gasteiger partial charge in [0.2, 0.25) is 5.91 Å². The Kier molecular flexibility index (Phi) is 9.00. The van der Waals surface area contributed by atoms with Gasteiger partial charge in [0.15, 0.2) is 0 Å². The van der Waals surface area contributed by atoms with E-state index in [1.165, 1.54) is 0 Å². The van der Waals surface area contributed by atoms with Gasteiger partial charge in [0, 0.05) is 62.0 Å². The van der Waals surface area contributed by atoms with E-state index in [-0.39, 0.29) is 11.8 Å². The number of ether oxygens (including phenoxy) is 1. The highest BCUT2D eigenvalue weighted by Crippen LogP contribution is 2.45. The lowest BCUT2D eigenvalue weighted by Gasteiger charge is -2.41. The van der Waals surface area contributed by atoms with E-state index in [2.05, 4.69) is 47.0 Å². The normalized spacial score (nSPS) is 17.4. The van der Waals surface area contributed by atoms with Gasteiger partial charge in [0.05, 0.1) is 18.6 Å². The molecule has 0 aliphatic carbocycles. The van der Waals surface area contributed by atoms with Crippen molar-refractivity contribution in [3.63, 3.8) is 0 Å². The molecule has 0 radical (unpaired) electrons. The van der Waals surface area contributed by atoms with Crippen molar-refractivity contribution in [3.8, 4) is 0 Å². The van der Waals surface area contributed by atoms with E-state index in [4.69, 9.17) is 4.74 Å². The Morgan fingerprint density at radius 2 is 1.81 bits per heavy atom. The first-order chi connectivity index (χ1) is 18.0. The number of carbonyl (C=O) groups is 2. The maximum absolute atomic E-state index is 14.0. The first-order valence-corrected chi connectivity index (χ1v) is 13.4. The molecule has 3 aromatic rings. The van der Waals surface area contributed by atoms with Crippen molar-refractivity contribution < 1.29 is 14.3 Å². The maximum Gasteiger partial charge on any atom is 0.254 e. The number of benzene rings is 2. The zero-order valence-electron chi connectivity index (χ0n) is 22.6. The Hall–Kier alpha value is -3.16. The third kappa shape index (κ3) is 5.58. The van der Waals surface area contributed by atoms with Crippen molar-refractivity contribution in [2.45, 2.75) is 38.6 Å². The number of methoxy groups -OCH3 is 1. The number of carbonyl (C=O) groups excluding carboxylic acids is 2. The summed E-state index contributed by atoms with van der Waals surface area (Å²) < 4.78 is 7.46. The quantitative estimate of drug-likeness (QED) is 0.398. The summed E-state index contributed by atoms with van der Waals surface area (Å²) in [4.78, 5) is 32.0. The van der Waals surface area contributed by atoms with Crippen molar-refractivity contribution in [2.24, 2.45) is 7.05 Å². The minimum absolute atomic E-state index is 0.0492. The number of unbranched alkanes of at least 4 members (excludes halogenated alkanes) is 1. The van der Waals surface area contributed by atoms with Crippen LogP contribution in [0, 0.1) is 0 Å². The number of hydrogen-bond donors (Lipinski definition) is 1. The number of aromatic nitrogens is 1. The Balaban J connectivity index is 1.74. The number of rotatable bonds is 12. The second-order valence-electron chi connectivity index (χ2n) is 9.79.